The first-order valence-electron chi connectivity index (χ1n) is 5.33. The van der Waals surface area contributed by atoms with E-state index in [1.54, 1.807) is 12.3 Å². The molecule has 8 heteroatoms. The van der Waals surface area contributed by atoms with Crippen LogP contribution in [0.5, 0.6) is 0 Å². The molecule has 1 aliphatic rings. The van der Waals surface area contributed by atoms with Crippen LogP contribution in [0.4, 0.5) is 13.2 Å². The van der Waals surface area contributed by atoms with Crippen LogP contribution in [0, 0.1) is 0 Å². The maximum absolute atomic E-state index is 12.4. The summed E-state index contributed by atoms with van der Waals surface area (Å²) in [4.78, 5) is 7.54. The summed E-state index contributed by atoms with van der Waals surface area (Å²) in [6, 6.07) is 1.71. The zero-order chi connectivity index (χ0) is 14.0. The second-order valence-electron chi connectivity index (χ2n) is 3.85. The molecule has 0 amide bonds. The van der Waals surface area contributed by atoms with E-state index < -0.39 is 12.3 Å². The van der Waals surface area contributed by atoms with E-state index in [4.69, 9.17) is 5.73 Å². The minimum Gasteiger partial charge on any atom is -0.362 e. The third kappa shape index (κ3) is 3.13. The van der Waals surface area contributed by atoms with Crippen LogP contribution in [0.2, 0.25) is 0 Å². The van der Waals surface area contributed by atoms with Gasteiger partial charge in [0.05, 0.1) is 5.69 Å². The summed E-state index contributed by atoms with van der Waals surface area (Å²) in [5.74, 6) is 0. The summed E-state index contributed by atoms with van der Waals surface area (Å²) in [6.07, 6.45) is -2.34. The monoisotopic (exact) mass is 334 g/mol. The molecule has 0 saturated heterocycles. The maximum atomic E-state index is 12.4. The summed E-state index contributed by atoms with van der Waals surface area (Å²) in [5.41, 5.74) is 7.36. The van der Waals surface area contributed by atoms with Gasteiger partial charge in [-0.1, -0.05) is 0 Å². The van der Waals surface area contributed by atoms with Gasteiger partial charge < -0.3 is 11.1 Å². The maximum Gasteiger partial charge on any atom is 0.429 e. The number of aromatic nitrogens is 1. The Balaban J connectivity index is 2.22. The van der Waals surface area contributed by atoms with Crippen molar-refractivity contribution in [3.8, 4) is 0 Å². The lowest BCUT2D eigenvalue weighted by Crippen LogP contribution is -2.39. The van der Waals surface area contributed by atoms with Crippen LogP contribution in [-0.2, 0) is 6.54 Å². The molecule has 1 aromatic heterocycles. The Hall–Kier alpha value is -1.41. The topological polar surface area (TPSA) is 63.3 Å². The summed E-state index contributed by atoms with van der Waals surface area (Å²) in [7, 11) is 0. The lowest BCUT2D eigenvalue weighted by molar-refractivity contribution is -0.151. The minimum absolute atomic E-state index is 0.305. The van der Waals surface area contributed by atoms with Gasteiger partial charge in [0, 0.05) is 35.2 Å². The van der Waals surface area contributed by atoms with E-state index in [9.17, 15) is 13.2 Å². The molecule has 19 heavy (non-hydrogen) atoms. The molecule has 1 unspecified atom stereocenters. The molecule has 1 aromatic rings. The average molecular weight is 335 g/mol. The third-order valence-electron chi connectivity index (χ3n) is 2.52. The quantitative estimate of drug-likeness (QED) is 0.871. The molecular weight excluding hydrogens is 325 g/mol. The van der Waals surface area contributed by atoms with Crippen molar-refractivity contribution in [2.45, 2.75) is 18.9 Å². The predicted octanol–water partition coefficient (Wildman–Crippen LogP) is 2.21. The van der Waals surface area contributed by atoms with Gasteiger partial charge in [-0.25, -0.2) is 0 Å². The molecule has 2 rings (SSSR count). The number of nitrogens with two attached hydrogens (primary N) is 1. The fraction of sp³-hybridized carbons (Fsp3) is 0.273. The number of alkyl halides is 3. The molecule has 0 bridgehead atoms. The SMILES string of the molecule is NCc1cc(C2=CNC(C(F)(F)F)N=C2)ncc1Br. The largest absolute Gasteiger partial charge is 0.429 e. The van der Waals surface area contributed by atoms with E-state index in [0.29, 0.717) is 17.8 Å². The Kier molecular flexibility index (Phi) is 3.91. The first-order valence-corrected chi connectivity index (χ1v) is 6.12. The van der Waals surface area contributed by atoms with Gasteiger partial charge >= 0.3 is 6.18 Å². The Morgan fingerprint density at radius 2 is 2.16 bits per heavy atom. The Labute approximate surface area is 115 Å². The molecule has 3 N–H and O–H groups in total. The summed E-state index contributed by atoms with van der Waals surface area (Å²) in [6.45, 7) is 0.305. The lowest BCUT2D eigenvalue weighted by atomic mass is 10.1. The van der Waals surface area contributed by atoms with Crippen LogP contribution in [0.1, 0.15) is 11.3 Å². The molecule has 1 atom stereocenters. The molecule has 0 saturated carbocycles. The van der Waals surface area contributed by atoms with Crippen molar-refractivity contribution < 1.29 is 13.2 Å². The second kappa shape index (κ2) is 5.30. The molecule has 0 aliphatic carbocycles. The van der Waals surface area contributed by atoms with E-state index in [1.807, 2.05) is 0 Å². The van der Waals surface area contributed by atoms with E-state index in [1.165, 1.54) is 6.20 Å². The molecule has 102 valence electrons. The summed E-state index contributed by atoms with van der Waals surface area (Å²) in [5, 5.41) is 2.19. The summed E-state index contributed by atoms with van der Waals surface area (Å²) < 4.78 is 38.0. The van der Waals surface area contributed by atoms with Gasteiger partial charge in [-0.2, -0.15) is 13.2 Å². The third-order valence-corrected chi connectivity index (χ3v) is 3.23. The fourth-order valence-electron chi connectivity index (χ4n) is 1.52. The zero-order valence-electron chi connectivity index (χ0n) is 9.58. The highest BCUT2D eigenvalue weighted by Crippen LogP contribution is 2.25. The highest BCUT2D eigenvalue weighted by molar-refractivity contribution is 9.10. The Morgan fingerprint density at radius 1 is 1.42 bits per heavy atom. The number of allylic oxidation sites excluding steroid dienone is 1. The Bertz CT molecular complexity index is 539. The van der Waals surface area contributed by atoms with Crippen molar-refractivity contribution >= 4 is 27.7 Å². The molecule has 1 aliphatic heterocycles. The first kappa shape index (κ1) is 14.0. The fourth-order valence-corrected chi connectivity index (χ4v) is 1.90. The van der Waals surface area contributed by atoms with E-state index >= 15 is 0 Å². The normalized spacial score (nSPS) is 19.0. The molecule has 4 nitrogen and oxygen atoms in total. The molecule has 0 fully saturated rings. The van der Waals surface area contributed by atoms with Crippen LogP contribution in [-0.4, -0.2) is 23.5 Å². The van der Waals surface area contributed by atoms with Crippen LogP contribution < -0.4 is 11.1 Å². The number of pyridine rings is 1. The van der Waals surface area contributed by atoms with Crippen molar-refractivity contribution in [1.29, 1.82) is 0 Å². The van der Waals surface area contributed by atoms with Gasteiger partial charge in [-0.05, 0) is 27.6 Å². The number of halogens is 4. The van der Waals surface area contributed by atoms with Crippen LogP contribution in [0.3, 0.4) is 0 Å². The van der Waals surface area contributed by atoms with Crippen molar-refractivity contribution in [2.75, 3.05) is 0 Å². The number of nitrogens with zero attached hydrogens (tertiary/aromatic N) is 2. The molecule has 0 aromatic carbocycles. The van der Waals surface area contributed by atoms with E-state index in [-0.39, 0.29) is 0 Å². The number of hydrogen-bond donors (Lipinski definition) is 2. The second-order valence-corrected chi connectivity index (χ2v) is 4.71. The molecule has 2 heterocycles. The summed E-state index contributed by atoms with van der Waals surface area (Å²) >= 11 is 3.29. The van der Waals surface area contributed by atoms with E-state index in [0.717, 1.165) is 16.3 Å². The lowest BCUT2D eigenvalue weighted by Gasteiger charge is -2.20. The predicted molar refractivity (Wildman–Crippen MR) is 69.3 cm³/mol. The van der Waals surface area contributed by atoms with Crippen molar-refractivity contribution in [1.82, 2.24) is 10.3 Å². The highest BCUT2D eigenvalue weighted by atomic mass is 79.9. The van der Waals surface area contributed by atoms with Gasteiger partial charge in [0.2, 0.25) is 6.17 Å². The van der Waals surface area contributed by atoms with E-state index in [2.05, 4.69) is 31.2 Å². The highest BCUT2D eigenvalue weighted by Gasteiger charge is 2.39. The molecule has 0 radical (unpaired) electrons. The molecule has 0 spiro atoms. The van der Waals surface area contributed by atoms with Crippen molar-refractivity contribution in [3.05, 3.63) is 34.2 Å². The van der Waals surface area contributed by atoms with Gasteiger partial charge in [-0.15, -0.1) is 0 Å². The average Bonchev–Trinajstić information content (AvgIpc) is 2.38. The number of aliphatic imine (C=N–C) groups is 1. The van der Waals surface area contributed by atoms with Gasteiger partial charge in [0.15, 0.2) is 0 Å². The number of hydrogen-bond acceptors (Lipinski definition) is 4. The van der Waals surface area contributed by atoms with Crippen molar-refractivity contribution in [3.63, 3.8) is 0 Å². The molecular formula is C11H10BrF3N4. The van der Waals surface area contributed by atoms with Crippen LogP contribution >= 0.6 is 15.9 Å². The zero-order valence-corrected chi connectivity index (χ0v) is 11.2. The van der Waals surface area contributed by atoms with Gasteiger partial charge in [0.1, 0.15) is 0 Å². The number of rotatable bonds is 2. The number of nitrogens with one attached hydrogen (secondary N) is 1. The minimum atomic E-state index is -4.41. The van der Waals surface area contributed by atoms with Crippen molar-refractivity contribution in [2.24, 2.45) is 10.7 Å². The standard InChI is InChI=1S/C11H10BrF3N4/c12-8-5-17-9(1-6(8)2-16)7-3-18-10(19-4-7)11(13,14)15/h1,3-5,10,18H,2,16H2. The first-order chi connectivity index (χ1) is 8.91. The smallest absolute Gasteiger partial charge is 0.362 e. The van der Waals surface area contributed by atoms with Gasteiger partial charge in [0.25, 0.3) is 0 Å². The van der Waals surface area contributed by atoms with Crippen LogP contribution in [0.25, 0.3) is 5.57 Å². The van der Waals surface area contributed by atoms with Gasteiger partial charge in [-0.3, -0.25) is 9.98 Å². The Morgan fingerprint density at radius 3 is 2.68 bits per heavy atom. The van der Waals surface area contributed by atoms with Crippen LogP contribution in [0.15, 0.2) is 27.9 Å².